The van der Waals surface area contributed by atoms with Gasteiger partial charge in [0.1, 0.15) is 0 Å². The number of aliphatic hydroxyl groups excluding tert-OH is 2. The molecule has 0 saturated carbocycles. The molecule has 0 bridgehead atoms. The molecule has 142 valence electrons. The Kier molecular flexibility index (Phi) is 7.02. The zero-order valence-electron chi connectivity index (χ0n) is 17.1. The van der Waals surface area contributed by atoms with Crippen molar-refractivity contribution in [3.63, 3.8) is 0 Å². The maximum Gasteiger partial charge on any atom is 0.0640 e. The number of benzene rings is 2. The van der Waals surface area contributed by atoms with Crippen molar-refractivity contribution >= 4 is 0 Å². The lowest BCUT2D eigenvalue weighted by Crippen LogP contribution is -2.33. The molecule has 0 amide bonds. The second-order valence-corrected chi connectivity index (χ2v) is 8.15. The molecule has 2 aromatic carbocycles. The topological polar surface area (TPSA) is 40.5 Å². The van der Waals surface area contributed by atoms with Crippen LogP contribution in [0.15, 0.2) is 36.4 Å². The van der Waals surface area contributed by atoms with Crippen LogP contribution in [0.1, 0.15) is 53.1 Å². The Morgan fingerprint density at radius 1 is 0.808 bits per heavy atom. The lowest BCUT2D eigenvalue weighted by atomic mass is 9.75. The molecule has 0 fully saturated rings. The third-order valence-electron chi connectivity index (χ3n) is 5.69. The van der Waals surface area contributed by atoms with E-state index in [2.05, 4.69) is 71.0 Å². The number of aryl methyl sites for hydroxylation is 4. The second kappa shape index (κ2) is 8.83. The van der Waals surface area contributed by atoms with Crippen LogP contribution in [0.5, 0.6) is 0 Å². The average molecular weight is 355 g/mol. The van der Waals surface area contributed by atoms with E-state index in [0.717, 1.165) is 12.0 Å². The minimum atomic E-state index is -0.502. The van der Waals surface area contributed by atoms with E-state index >= 15 is 0 Å². The van der Waals surface area contributed by atoms with E-state index in [9.17, 15) is 10.2 Å². The minimum Gasteiger partial charge on any atom is -0.396 e. The van der Waals surface area contributed by atoms with Crippen molar-refractivity contribution in [3.05, 3.63) is 69.8 Å². The summed E-state index contributed by atoms with van der Waals surface area (Å²) in [5.41, 5.74) is 7.35. The molecule has 0 aliphatic heterocycles. The van der Waals surface area contributed by atoms with Gasteiger partial charge >= 0.3 is 0 Å². The van der Waals surface area contributed by atoms with Crippen LogP contribution >= 0.6 is 0 Å². The van der Waals surface area contributed by atoms with Crippen molar-refractivity contribution in [2.45, 2.75) is 60.0 Å². The average Bonchev–Trinajstić information content (AvgIpc) is 2.60. The van der Waals surface area contributed by atoms with Gasteiger partial charge in [0.25, 0.3) is 0 Å². The third-order valence-corrected chi connectivity index (χ3v) is 5.69. The first-order chi connectivity index (χ1) is 12.2. The summed E-state index contributed by atoms with van der Waals surface area (Å²) in [4.78, 5) is 0. The summed E-state index contributed by atoms with van der Waals surface area (Å²) in [6.45, 7) is 12.6. The van der Waals surface area contributed by atoms with Crippen LogP contribution in [0.3, 0.4) is 0 Å². The van der Waals surface area contributed by atoms with Gasteiger partial charge in [-0.1, -0.05) is 61.4 Å². The summed E-state index contributed by atoms with van der Waals surface area (Å²) in [7, 11) is 0. The molecule has 2 aromatic rings. The van der Waals surface area contributed by atoms with Crippen LogP contribution in [0, 0.1) is 39.5 Å². The highest BCUT2D eigenvalue weighted by atomic mass is 16.3. The summed E-state index contributed by atoms with van der Waals surface area (Å²) in [5.74, 6) is 0.0426. The molecule has 0 saturated heterocycles. The van der Waals surface area contributed by atoms with Crippen LogP contribution < -0.4 is 0 Å². The van der Waals surface area contributed by atoms with Gasteiger partial charge in [-0.25, -0.2) is 0 Å². The molecule has 0 aliphatic carbocycles. The van der Waals surface area contributed by atoms with Crippen molar-refractivity contribution in [1.29, 1.82) is 0 Å². The van der Waals surface area contributed by atoms with Crippen molar-refractivity contribution < 1.29 is 10.2 Å². The summed E-state index contributed by atoms with van der Waals surface area (Å²) in [6.07, 6.45) is 0.339. The Morgan fingerprint density at radius 2 is 1.38 bits per heavy atom. The van der Waals surface area contributed by atoms with E-state index in [-0.39, 0.29) is 24.4 Å². The molecule has 0 aromatic heterocycles. The minimum absolute atomic E-state index is 0.00607. The monoisotopic (exact) mass is 354 g/mol. The van der Waals surface area contributed by atoms with Crippen LogP contribution in [0.2, 0.25) is 0 Å². The molecule has 2 N–H and O–H groups in total. The molecule has 4 unspecified atom stereocenters. The lowest BCUT2D eigenvalue weighted by molar-refractivity contribution is 0.0536. The van der Waals surface area contributed by atoms with E-state index in [1.165, 1.54) is 27.8 Å². The first-order valence-electron chi connectivity index (χ1n) is 9.66. The molecule has 4 atom stereocenters. The fraction of sp³-hybridized carbons (Fsp3) is 0.500. The first-order valence-corrected chi connectivity index (χ1v) is 9.66. The molecule has 0 radical (unpaired) electrons. The molecule has 0 aliphatic rings. The molecule has 2 heteroatoms. The lowest BCUT2D eigenvalue weighted by Gasteiger charge is -2.33. The van der Waals surface area contributed by atoms with E-state index < -0.39 is 6.10 Å². The third kappa shape index (κ3) is 4.75. The van der Waals surface area contributed by atoms with Gasteiger partial charge in [-0.3, -0.25) is 0 Å². The molecule has 2 rings (SSSR count). The standard InChI is InChI=1S/C24H34O2/c1-15-7-9-17(3)21(11-15)13-19(5)24(26)23(20(6)14-25)22-12-16(2)8-10-18(22)4/h7-12,19-20,23-26H,13-14H2,1-6H3. The van der Waals surface area contributed by atoms with Crippen LogP contribution in [-0.2, 0) is 6.42 Å². The smallest absolute Gasteiger partial charge is 0.0640 e. The van der Waals surface area contributed by atoms with E-state index in [1.807, 2.05) is 6.92 Å². The highest BCUT2D eigenvalue weighted by Crippen LogP contribution is 2.35. The fourth-order valence-electron chi connectivity index (χ4n) is 3.90. The van der Waals surface area contributed by atoms with Gasteiger partial charge < -0.3 is 10.2 Å². The van der Waals surface area contributed by atoms with Gasteiger partial charge in [0, 0.05) is 12.5 Å². The van der Waals surface area contributed by atoms with Crippen molar-refractivity contribution in [1.82, 2.24) is 0 Å². The molecule has 2 nitrogen and oxygen atoms in total. The van der Waals surface area contributed by atoms with Crippen molar-refractivity contribution in [2.75, 3.05) is 6.61 Å². The number of rotatable bonds is 7. The Hall–Kier alpha value is -1.64. The molecular formula is C24H34O2. The SMILES string of the molecule is Cc1ccc(C)c(CC(C)C(O)C(c2cc(C)ccc2C)C(C)CO)c1. The second-order valence-electron chi connectivity index (χ2n) is 8.15. The number of aliphatic hydroxyl groups is 2. The predicted molar refractivity (Wildman–Crippen MR) is 110 cm³/mol. The highest BCUT2D eigenvalue weighted by Gasteiger charge is 2.31. The van der Waals surface area contributed by atoms with Crippen LogP contribution in [0.25, 0.3) is 0 Å². The zero-order valence-corrected chi connectivity index (χ0v) is 17.1. The van der Waals surface area contributed by atoms with Gasteiger partial charge in [-0.2, -0.15) is 0 Å². The Bertz CT molecular complexity index is 735. The summed E-state index contributed by atoms with van der Waals surface area (Å²) >= 11 is 0. The largest absolute Gasteiger partial charge is 0.396 e. The van der Waals surface area contributed by atoms with Crippen molar-refractivity contribution in [2.24, 2.45) is 11.8 Å². The number of hydrogen-bond acceptors (Lipinski definition) is 2. The van der Waals surface area contributed by atoms with Crippen LogP contribution in [0.4, 0.5) is 0 Å². The van der Waals surface area contributed by atoms with E-state index in [1.54, 1.807) is 0 Å². The maximum atomic E-state index is 11.3. The normalized spacial score (nSPS) is 16.2. The Balaban J connectivity index is 2.32. The summed E-state index contributed by atoms with van der Waals surface area (Å²) < 4.78 is 0. The highest BCUT2D eigenvalue weighted by molar-refractivity contribution is 5.35. The van der Waals surface area contributed by atoms with E-state index in [4.69, 9.17) is 0 Å². The van der Waals surface area contributed by atoms with Crippen molar-refractivity contribution in [3.8, 4) is 0 Å². The van der Waals surface area contributed by atoms with Gasteiger partial charge in [0.15, 0.2) is 0 Å². The van der Waals surface area contributed by atoms with E-state index in [0.29, 0.717) is 0 Å². The predicted octanol–water partition coefficient (Wildman–Crippen LogP) is 4.87. The molecule has 0 spiro atoms. The van der Waals surface area contributed by atoms with Gasteiger partial charge in [-0.15, -0.1) is 0 Å². The number of hydrogen-bond donors (Lipinski definition) is 2. The maximum absolute atomic E-state index is 11.3. The van der Waals surface area contributed by atoms with Gasteiger partial charge in [-0.05, 0) is 68.2 Å². The Labute approximate surface area is 158 Å². The van der Waals surface area contributed by atoms with Gasteiger partial charge in [0.05, 0.1) is 6.10 Å². The van der Waals surface area contributed by atoms with Gasteiger partial charge in [0.2, 0.25) is 0 Å². The molecular weight excluding hydrogens is 320 g/mol. The molecule has 0 heterocycles. The Morgan fingerprint density at radius 3 is 2.00 bits per heavy atom. The zero-order chi connectivity index (χ0) is 19.4. The molecule has 26 heavy (non-hydrogen) atoms. The summed E-state index contributed by atoms with van der Waals surface area (Å²) in [6, 6.07) is 12.9. The first kappa shape index (κ1) is 20.7. The fourth-order valence-corrected chi connectivity index (χ4v) is 3.90. The quantitative estimate of drug-likeness (QED) is 0.744. The summed E-state index contributed by atoms with van der Waals surface area (Å²) in [5, 5.41) is 21.1. The van der Waals surface area contributed by atoms with Crippen LogP contribution in [-0.4, -0.2) is 22.9 Å².